The van der Waals surface area contributed by atoms with E-state index in [4.69, 9.17) is 4.74 Å². The number of hydrogen-bond acceptors (Lipinski definition) is 3. The lowest BCUT2D eigenvalue weighted by atomic mass is 10.1. The molecule has 0 amide bonds. The van der Waals surface area contributed by atoms with Crippen molar-refractivity contribution in [3.05, 3.63) is 72.3 Å². The highest BCUT2D eigenvalue weighted by Gasteiger charge is 2.10. The summed E-state index contributed by atoms with van der Waals surface area (Å²) < 4.78 is 7.40. The Morgan fingerprint density at radius 2 is 1.71 bits per heavy atom. The molecule has 0 N–H and O–H groups in total. The highest BCUT2D eigenvalue weighted by Crippen LogP contribution is 2.23. The van der Waals surface area contributed by atoms with Crippen LogP contribution in [0.2, 0.25) is 0 Å². The van der Waals surface area contributed by atoms with E-state index in [2.05, 4.69) is 34.5 Å². The molecule has 0 bridgehead atoms. The number of rotatable bonds is 5. The molecular formula is C17H17N3O. The molecule has 0 aliphatic carbocycles. The lowest BCUT2D eigenvalue weighted by molar-refractivity contribution is 0.412. The lowest BCUT2D eigenvalue weighted by Crippen LogP contribution is -2.04. The number of hydrogen-bond donors (Lipinski definition) is 0. The Labute approximate surface area is 124 Å². The normalized spacial score (nSPS) is 10.5. The minimum absolute atomic E-state index is 0.818. The van der Waals surface area contributed by atoms with Crippen molar-refractivity contribution in [2.75, 3.05) is 7.11 Å². The van der Waals surface area contributed by atoms with Crippen LogP contribution in [0.25, 0.3) is 5.69 Å². The molecule has 0 aliphatic heterocycles. The Balaban J connectivity index is 1.84. The van der Waals surface area contributed by atoms with Gasteiger partial charge in [-0.3, -0.25) is 4.57 Å². The zero-order valence-corrected chi connectivity index (χ0v) is 11.9. The molecule has 2 aromatic carbocycles. The third-order valence-corrected chi connectivity index (χ3v) is 3.44. The van der Waals surface area contributed by atoms with Gasteiger partial charge in [0.15, 0.2) is 0 Å². The van der Waals surface area contributed by atoms with Gasteiger partial charge in [-0.1, -0.05) is 42.5 Å². The van der Waals surface area contributed by atoms with Gasteiger partial charge in [0, 0.05) is 6.42 Å². The van der Waals surface area contributed by atoms with Crippen molar-refractivity contribution in [3.63, 3.8) is 0 Å². The summed E-state index contributed by atoms with van der Waals surface area (Å²) in [6.07, 6.45) is 3.51. The van der Waals surface area contributed by atoms with Gasteiger partial charge in [0.05, 0.1) is 12.8 Å². The van der Waals surface area contributed by atoms with E-state index in [0.29, 0.717) is 0 Å². The molecule has 0 radical (unpaired) electrons. The number of nitrogens with zero attached hydrogens (tertiary/aromatic N) is 3. The fourth-order valence-electron chi connectivity index (χ4n) is 2.36. The second kappa shape index (κ2) is 6.22. The maximum atomic E-state index is 5.41. The SMILES string of the molecule is COc1ccccc1-n1cnnc1CCc1ccccc1. The van der Waals surface area contributed by atoms with Crippen molar-refractivity contribution in [2.24, 2.45) is 0 Å². The molecule has 3 aromatic rings. The fraction of sp³-hybridized carbons (Fsp3) is 0.176. The zero-order chi connectivity index (χ0) is 14.5. The van der Waals surface area contributed by atoms with E-state index in [0.717, 1.165) is 30.1 Å². The molecule has 106 valence electrons. The predicted molar refractivity (Wildman–Crippen MR) is 81.8 cm³/mol. The Hall–Kier alpha value is -2.62. The second-order valence-corrected chi connectivity index (χ2v) is 4.77. The van der Waals surface area contributed by atoms with Crippen LogP contribution in [0.4, 0.5) is 0 Å². The molecule has 4 heteroatoms. The van der Waals surface area contributed by atoms with E-state index in [-0.39, 0.29) is 0 Å². The first kappa shape index (κ1) is 13.4. The van der Waals surface area contributed by atoms with E-state index in [1.54, 1.807) is 13.4 Å². The molecule has 0 atom stereocenters. The number of aryl methyl sites for hydroxylation is 2. The summed E-state index contributed by atoms with van der Waals surface area (Å²) in [5, 5.41) is 8.28. The average molecular weight is 279 g/mol. The lowest BCUT2D eigenvalue weighted by Gasteiger charge is -2.10. The molecule has 1 heterocycles. The fourth-order valence-corrected chi connectivity index (χ4v) is 2.36. The first-order valence-electron chi connectivity index (χ1n) is 6.94. The van der Waals surface area contributed by atoms with Crippen molar-refractivity contribution >= 4 is 0 Å². The molecule has 1 aromatic heterocycles. The number of benzene rings is 2. The van der Waals surface area contributed by atoms with Crippen LogP contribution in [-0.2, 0) is 12.8 Å². The maximum Gasteiger partial charge on any atom is 0.142 e. The topological polar surface area (TPSA) is 39.9 Å². The smallest absolute Gasteiger partial charge is 0.142 e. The van der Waals surface area contributed by atoms with Crippen molar-refractivity contribution in [2.45, 2.75) is 12.8 Å². The quantitative estimate of drug-likeness (QED) is 0.720. The van der Waals surface area contributed by atoms with Gasteiger partial charge >= 0.3 is 0 Å². The van der Waals surface area contributed by atoms with Gasteiger partial charge in [0.2, 0.25) is 0 Å². The van der Waals surface area contributed by atoms with Crippen LogP contribution in [0.15, 0.2) is 60.9 Å². The average Bonchev–Trinajstić information content (AvgIpc) is 3.02. The minimum Gasteiger partial charge on any atom is -0.495 e. The summed E-state index contributed by atoms with van der Waals surface area (Å²) in [7, 11) is 1.67. The van der Waals surface area contributed by atoms with Gasteiger partial charge in [-0.25, -0.2) is 0 Å². The van der Waals surface area contributed by atoms with Crippen LogP contribution in [0.3, 0.4) is 0 Å². The summed E-state index contributed by atoms with van der Waals surface area (Å²) in [6.45, 7) is 0. The van der Waals surface area contributed by atoms with Gasteiger partial charge in [0.1, 0.15) is 17.9 Å². The van der Waals surface area contributed by atoms with Gasteiger partial charge in [0.25, 0.3) is 0 Å². The number of ether oxygens (including phenoxy) is 1. The highest BCUT2D eigenvalue weighted by molar-refractivity contribution is 5.47. The zero-order valence-electron chi connectivity index (χ0n) is 11.9. The highest BCUT2D eigenvalue weighted by atomic mass is 16.5. The first-order chi connectivity index (χ1) is 10.4. The van der Waals surface area contributed by atoms with E-state index >= 15 is 0 Å². The monoisotopic (exact) mass is 279 g/mol. The largest absolute Gasteiger partial charge is 0.495 e. The van der Waals surface area contributed by atoms with E-state index < -0.39 is 0 Å². The number of methoxy groups -OCH3 is 1. The summed E-state index contributed by atoms with van der Waals surface area (Å²) in [5.41, 5.74) is 2.26. The minimum atomic E-state index is 0.818. The van der Waals surface area contributed by atoms with Gasteiger partial charge in [-0.2, -0.15) is 0 Å². The van der Waals surface area contributed by atoms with Crippen molar-refractivity contribution in [1.29, 1.82) is 0 Å². The molecule has 0 fully saturated rings. The molecule has 0 spiro atoms. The third-order valence-electron chi connectivity index (χ3n) is 3.44. The Kier molecular flexibility index (Phi) is 3.96. The molecule has 0 saturated heterocycles. The second-order valence-electron chi connectivity index (χ2n) is 4.77. The van der Waals surface area contributed by atoms with Gasteiger partial charge < -0.3 is 4.74 Å². The van der Waals surface area contributed by atoms with Gasteiger partial charge in [-0.15, -0.1) is 10.2 Å². The number of aromatic nitrogens is 3. The van der Waals surface area contributed by atoms with Crippen LogP contribution in [0.5, 0.6) is 5.75 Å². The third kappa shape index (κ3) is 2.94. The van der Waals surface area contributed by atoms with E-state index in [1.807, 2.05) is 34.9 Å². The molecular weight excluding hydrogens is 262 g/mol. The molecule has 21 heavy (non-hydrogen) atoms. The summed E-state index contributed by atoms with van der Waals surface area (Å²) in [4.78, 5) is 0. The van der Waals surface area contributed by atoms with Crippen LogP contribution in [-0.4, -0.2) is 21.9 Å². The van der Waals surface area contributed by atoms with Gasteiger partial charge in [-0.05, 0) is 24.1 Å². The van der Waals surface area contributed by atoms with Crippen LogP contribution in [0.1, 0.15) is 11.4 Å². The first-order valence-corrected chi connectivity index (χ1v) is 6.94. The predicted octanol–water partition coefficient (Wildman–Crippen LogP) is 3.06. The number of para-hydroxylation sites is 2. The summed E-state index contributed by atoms with van der Waals surface area (Å²) >= 11 is 0. The maximum absolute atomic E-state index is 5.41. The Morgan fingerprint density at radius 1 is 0.952 bits per heavy atom. The standard InChI is InChI=1S/C17H17N3O/c1-21-16-10-6-5-9-15(16)20-13-18-19-17(20)12-11-14-7-3-2-4-8-14/h2-10,13H,11-12H2,1H3. The van der Waals surface area contributed by atoms with E-state index in [9.17, 15) is 0 Å². The molecule has 3 rings (SSSR count). The van der Waals surface area contributed by atoms with Crippen LogP contribution in [0, 0.1) is 0 Å². The molecule has 0 unspecified atom stereocenters. The van der Waals surface area contributed by atoms with E-state index in [1.165, 1.54) is 5.56 Å². The van der Waals surface area contributed by atoms with Crippen molar-refractivity contribution in [3.8, 4) is 11.4 Å². The summed E-state index contributed by atoms with van der Waals surface area (Å²) in [5.74, 6) is 1.75. The Morgan fingerprint density at radius 3 is 2.52 bits per heavy atom. The van der Waals surface area contributed by atoms with Crippen LogP contribution < -0.4 is 4.74 Å². The molecule has 0 aliphatic rings. The Bertz CT molecular complexity index is 707. The molecule has 4 nitrogen and oxygen atoms in total. The van der Waals surface area contributed by atoms with Crippen molar-refractivity contribution in [1.82, 2.24) is 14.8 Å². The van der Waals surface area contributed by atoms with Crippen LogP contribution >= 0.6 is 0 Å². The molecule has 0 saturated carbocycles. The summed E-state index contributed by atoms with van der Waals surface area (Å²) in [6, 6.07) is 18.3. The van der Waals surface area contributed by atoms with Crippen molar-refractivity contribution < 1.29 is 4.74 Å².